The molecule has 2 heterocycles. The zero-order valence-corrected chi connectivity index (χ0v) is 18.1. The minimum absolute atomic E-state index is 0.0773. The van der Waals surface area contributed by atoms with Crippen molar-refractivity contribution in [1.82, 2.24) is 20.1 Å². The number of thioether (sulfide) groups is 1. The molecule has 1 aliphatic rings. The number of carbonyl (C=O) groups is 1. The van der Waals surface area contributed by atoms with Crippen LogP contribution in [0.15, 0.2) is 53.7 Å². The van der Waals surface area contributed by atoms with Gasteiger partial charge in [0.1, 0.15) is 12.4 Å². The Morgan fingerprint density at radius 3 is 2.60 bits per heavy atom. The Hall–Kier alpha value is -2.80. The summed E-state index contributed by atoms with van der Waals surface area (Å²) in [6, 6.07) is 16.1. The average molecular weight is 423 g/mol. The summed E-state index contributed by atoms with van der Waals surface area (Å²) in [6.45, 7) is 5.12. The van der Waals surface area contributed by atoms with E-state index in [1.165, 1.54) is 11.8 Å². The molecule has 6 nitrogen and oxygen atoms in total. The normalized spacial score (nSPS) is 16.7. The van der Waals surface area contributed by atoms with E-state index in [0.717, 1.165) is 48.4 Å². The Kier molecular flexibility index (Phi) is 6.38. The molecule has 4 rings (SSSR count). The number of amides is 1. The van der Waals surface area contributed by atoms with Gasteiger partial charge in [0.2, 0.25) is 5.91 Å². The van der Waals surface area contributed by atoms with Crippen LogP contribution in [0.4, 0.5) is 0 Å². The van der Waals surface area contributed by atoms with Gasteiger partial charge >= 0.3 is 0 Å². The summed E-state index contributed by atoms with van der Waals surface area (Å²) < 4.78 is 8.14. The van der Waals surface area contributed by atoms with Crippen molar-refractivity contribution in [3.63, 3.8) is 0 Å². The molecule has 0 aliphatic carbocycles. The van der Waals surface area contributed by atoms with Gasteiger partial charge in [0.25, 0.3) is 0 Å². The lowest BCUT2D eigenvalue weighted by molar-refractivity contribution is -0.120. The van der Waals surface area contributed by atoms with Gasteiger partial charge in [0, 0.05) is 12.2 Å². The summed E-state index contributed by atoms with van der Waals surface area (Å²) in [5.74, 6) is 1.66. The Morgan fingerprint density at radius 2 is 1.83 bits per heavy atom. The molecule has 1 N–H and O–H groups in total. The third-order valence-electron chi connectivity index (χ3n) is 5.20. The van der Waals surface area contributed by atoms with Gasteiger partial charge in [-0.1, -0.05) is 54.6 Å². The number of ether oxygens (including phenoxy) is 1. The largest absolute Gasteiger partial charge is 0.485 e. The first-order valence-corrected chi connectivity index (χ1v) is 11.1. The van der Waals surface area contributed by atoms with E-state index in [4.69, 9.17) is 4.74 Å². The van der Waals surface area contributed by atoms with Crippen molar-refractivity contribution in [1.29, 1.82) is 0 Å². The Bertz CT molecular complexity index is 999. The molecule has 0 spiro atoms. The molecule has 30 heavy (non-hydrogen) atoms. The number of para-hydroxylation sites is 2. The first-order valence-electron chi connectivity index (χ1n) is 10.3. The van der Waals surface area contributed by atoms with Gasteiger partial charge < -0.3 is 10.1 Å². The molecule has 1 saturated heterocycles. The van der Waals surface area contributed by atoms with Gasteiger partial charge in [-0.15, -0.1) is 10.2 Å². The molecule has 1 fully saturated rings. The Balaban J connectivity index is 1.63. The number of nitrogens with one attached hydrogen (secondary N) is 1. The van der Waals surface area contributed by atoms with Crippen LogP contribution in [-0.2, 0) is 11.4 Å². The molecule has 7 heteroatoms. The summed E-state index contributed by atoms with van der Waals surface area (Å²) in [5.41, 5.74) is 3.13. The highest BCUT2D eigenvalue weighted by atomic mass is 32.2. The fourth-order valence-corrected chi connectivity index (χ4v) is 4.75. The van der Waals surface area contributed by atoms with Crippen LogP contribution in [0, 0.1) is 13.8 Å². The van der Waals surface area contributed by atoms with Crippen LogP contribution in [0.3, 0.4) is 0 Å². The third-order valence-corrected chi connectivity index (χ3v) is 6.41. The number of aromatic nitrogens is 3. The van der Waals surface area contributed by atoms with Crippen molar-refractivity contribution >= 4 is 17.7 Å². The molecule has 0 radical (unpaired) electrons. The SMILES string of the molecule is Cc1cccc(C)c1OCc1nnc(SC2CCCCNC2=O)n1-c1ccccc1. The predicted molar refractivity (Wildman–Crippen MR) is 118 cm³/mol. The predicted octanol–water partition coefficient (Wildman–Crippen LogP) is 4.22. The number of aryl methyl sites for hydroxylation is 2. The molecule has 1 unspecified atom stereocenters. The molecule has 1 aromatic heterocycles. The molecule has 3 aromatic rings. The number of hydrogen-bond acceptors (Lipinski definition) is 5. The van der Waals surface area contributed by atoms with E-state index < -0.39 is 0 Å². The Morgan fingerprint density at radius 1 is 1.07 bits per heavy atom. The molecule has 1 atom stereocenters. The summed E-state index contributed by atoms with van der Waals surface area (Å²) >= 11 is 1.48. The monoisotopic (exact) mass is 422 g/mol. The van der Waals surface area contributed by atoms with Crippen LogP contribution in [0.2, 0.25) is 0 Å². The van der Waals surface area contributed by atoms with Crippen LogP contribution in [0.5, 0.6) is 5.75 Å². The standard InChI is InChI=1S/C23H26N4O2S/c1-16-9-8-10-17(2)21(16)29-15-20-25-26-23(27(20)18-11-4-3-5-12-18)30-19-13-6-7-14-24-22(19)28/h3-5,8-12,19H,6-7,13-15H2,1-2H3,(H,24,28). The van der Waals surface area contributed by atoms with Gasteiger partial charge in [-0.05, 0) is 49.9 Å². The first kappa shape index (κ1) is 20.5. The van der Waals surface area contributed by atoms with E-state index in [2.05, 4.69) is 15.5 Å². The van der Waals surface area contributed by atoms with Gasteiger partial charge in [-0.25, -0.2) is 0 Å². The maximum atomic E-state index is 12.4. The molecule has 1 aliphatic heterocycles. The number of hydrogen-bond donors (Lipinski definition) is 1. The minimum Gasteiger partial charge on any atom is -0.485 e. The average Bonchev–Trinajstić information content (AvgIpc) is 3.03. The van der Waals surface area contributed by atoms with Crippen LogP contribution in [0.25, 0.3) is 5.69 Å². The summed E-state index contributed by atoms with van der Waals surface area (Å²) in [7, 11) is 0. The summed E-state index contributed by atoms with van der Waals surface area (Å²) in [4.78, 5) is 12.4. The summed E-state index contributed by atoms with van der Waals surface area (Å²) in [5, 5.41) is 12.4. The lowest BCUT2D eigenvalue weighted by Gasteiger charge is -2.15. The number of nitrogens with zero attached hydrogens (tertiary/aromatic N) is 3. The first-order chi connectivity index (χ1) is 14.6. The quantitative estimate of drug-likeness (QED) is 0.644. The van der Waals surface area contributed by atoms with E-state index in [1.807, 2.05) is 66.9 Å². The van der Waals surface area contributed by atoms with Crippen molar-refractivity contribution < 1.29 is 9.53 Å². The lowest BCUT2D eigenvalue weighted by Crippen LogP contribution is -2.30. The molecular formula is C23H26N4O2S. The van der Waals surface area contributed by atoms with Crippen LogP contribution < -0.4 is 10.1 Å². The number of benzene rings is 2. The minimum atomic E-state index is -0.161. The van der Waals surface area contributed by atoms with Crippen molar-refractivity contribution in [2.75, 3.05) is 6.54 Å². The maximum Gasteiger partial charge on any atom is 0.233 e. The fraction of sp³-hybridized carbons (Fsp3) is 0.348. The highest BCUT2D eigenvalue weighted by Crippen LogP contribution is 2.30. The van der Waals surface area contributed by atoms with Gasteiger partial charge in [-0.2, -0.15) is 0 Å². The van der Waals surface area contributed by atoms with Crippen LogP contribution >= 0.6 is 11.8 Å². The zero-order valence-electron chi connectivity index (χ0n) is 17.3. The number of carbonyl (C=O) groups excluding carboxylic acids is 1. The third kappa shape index (κ3) is 4.51. The molecule has 0 saturated carbocycles. The van der Waals surface area contributed by atoms with E-state index >= 15 is 0 Å². The molecule has 156 valence electrons. The zero-order chi connectivity index (χ0) is 20.9. The molecule has 0 bridgehead atoms. The highest BCUT2D eigenvalue weighted by molar-refractivity contribution is 8.00. The van der Waals surface area contributed by atoms with Crippen molar-refractivity contribution in [2.45, 2.75) is 50.1 Å². The summed E-state index contributed by atoms with van der Waals surface area (Å²) in [6.07, 6.45) is 2.88. The maximum absolute atomic E-state index is 12.4. The number of rotatable bonds is 6. The Labute approximate surface area is 181 Å². The van der Waals surface area contributed by atoms with Gasteiger partial charge in [0.05, 0.1) is 5.25 Å². The smallest absolute Gasteiger partial charge is 0.233 e. The van der Waals surface area contributed by atoms with E-state index in [1.54, 1.807) is 0 Å². The van der Waals surface area contributed by atoms with Crippen LogP contribution in [-0.4, -0.2) is 32.5 Å². The molecular weight excluding hydrogens is 396 g/mol. The van der Waals surface area contributed by atoms with Gasteiger partial charge in [-0.3, -0.25) is 9.36 Å². The topological polar surface area (TPSA) is 69.0 Å². The molecule has 2 aromatic carbocycles. The van der Waals surface area contributed by atoms with Crippen molar-refractivity contribution in [3.8, 4) is 11.4 Å². The van der Waals surface area contributed by atoms with Crippen molar-refractivity contribution in [3.05, 3.63) is 65.5 Å². The van der Waals surface area contributed by atoms with Crippen LogP contribution in [0.1, 0.15) is 36.2 Å². The van der Waals surface area contributed by atoms with E-state index in [-0.39, 0.29) is 11.2 Å². The van der Waals surface area contributed by atoms with E-state index in [0.29, 0.717) is 17.6 Å². The second kappa shape index (κ2) is 9.34. The van der Waals surface area contributed by atoms with Crippen molar-refractivity contribution in [2.24, 2.45) is 0 Å². The second-order valence-corrected chi connectivity index (χ2v) is 8.64. The lowest BCUT2D eigenvalue weighted by atomic mass is 10.1. The second-order valence-electron chi connectivity index (χ2n) is 7.47. The fourth-order valence-electron chi connectivity index (χ4n) is 3.62. The highest BCUT2D eigenvalue weighted by Gasteiger charge is 2.26. The molecule has 1 amide bonds. The van der Waals surface area contributed by atoms with E-state index in [9.17, 15) is 4.79 Å². The van der Waals surface area contributed by atoms with Gasteiger partial charge in [0.15, 0.2) is 11.0 Å².